The summed E-state index contributed by atoms with van der Waals surface area (Å²) >= 11 is 0. The minimum atomic E-state index is -0.698. The highest BCUT2D eigenvalue weighted by Crippen LogP contribution is 2.22. The molecule has 0 saturated heterocycles. The van der Waals surface area contributed by atoms with Crippen molar-refractivity contribution in [1.82, 2.24) is 5.32 Å². The average molecular weight is 369 g/mol. The molecule has 0 aromatic heterocycles. The summed E-state index contributed by atoms with van der Waals surface area (Å²) in [6, 6.07) is 13.4. The van der Waals surface area contributed by atoms with Crippen LogP contribution >= 0.6 is 0 Å². The van der Waals surface area contributed by atoms with Crippen LogP contribution in [0.5, 0.6) is 5.75 Å². The normalized spacial score (nSPS) is 10.8. The van der Waals surface area contributed by atoms with Crippen LogP contribution in [0.1, 0.15) is 47.1 Å². The molecule has 0 heterocycles. The van der Waals surface area contributed by atoms with Crippen LogP contribution in [0.3, 0.4) is 0 Å². The number of ether oxygens (including phenoxy) is 2. The maximum atomic E-state index is 12.1. The Morgan fingerprint density at radius 1 is 0.963 bits per heavy atom. The molecular weight excluding hydrogens is 346 g/mol. The van der Waals surface area contributed by atoms with E-state index in [2.05, 4.69) is 26.1 Å². The van der Waals surface area contributed by atoms with Crippen LogP contribution < -0.4 is 10.1 Å². The number of hydrogen-bond donors (Lipinski definition) is 1. The summed E-state index contributed by atoms with van der Waals surface area (Å²) in [7, 11) is 1.48. The van der Waals surface area contributed by atoms with E-state index in [9.17, 15) is 14.4 Å². The lowest BCUT2D eigenvalue weighted by Gasteiger charge is -2.19. The van der Waals surface area contributed by atoms with E-state index in [1.165, 1.54) is 13.2 Å². The van der Waals surface area contributed by atoms with Gasteiger partial charge in [0.25, 0.3) is 11.8 Å². The topological polar surface area (TPSA) is 81.7 Å². The fourth-order valence-electron chi connectivity index (χ4n) is 2.32. The third-order valence-electron chi connectivity index (χ3n) is 3.91. The van der Waals surface area contributed by atoms with Gasteiger partial charge in [-0.3, -0.25) is 14.9 Å². The number of rotatable bonds is 5. The Bertz CT molecular complexity index is 834. The number of carbonyl (C=O) groups excluding carboxylic acids is 3. The maximum Gasteiger partial charge on any atom is 0.338 e. The second-order valence-corrected chi connectivity index (χ2v) is 7.01. The molecule has 0 fully saturated rings. The van der Waals surface area contributed by atoms with E-state index in [0.29, 0.717) is 11.3 Å². The second kappa shape index (κ2) is 8.49. The van der Waals surface area contributed by atoms with E-state index < -0.39 is 24.4 Å². The van der Waals surface area contributed by atoms with E-state index in [1.807, 2.05) is 12.1 Å². The molecule has 142 valence electrons. The summed E-state index contributed by atoms with van der Waals surface area (Å²) < 4.78 is 9.96. The van der Waals surface area contributed by atoms with Crippen LogP contribution in [0, 0.1) is 0 Å². The summed E-state index contributed by atoms with van der Waals surface area (Å²) in [5, 5.41) is 2.20. The zero-order valence-corrected chi connectivity index (χ0v) is 15.9. The highest BCUT2D eigenvalue weighted by Gasteiger charge is 2.16. The Morgan fingerprint density at radius 2 is 1.63 bits per heavy atom. The van der Waals surface area contributed by atoms with Gasteiger partial charge < -0.3 is 9.47 Å². The number of esters is 1. The molecule has 2 rings (SSSR count). The van der Waals surface area contributed by atoms with E-state index in [1.54, 1.807) is 30.3 Å². The lowest BCUT2D eigenvalue weighted by Crippen LogP contribution is -2.34. The lowest BCUT2D eigenvalue weighted by molar-refractivity contribution is -0.123. The minimum Gasteiger partial charge on any atom is -0.497 e. The fourth-order valence-corrected chi connectivity index (χ4v) is 2.32. The SMILES string of the molecule is COc1cccc(C(=O)OCC(=O)NC(=O)c2ccc(C(C)(C)C)cc2)c1. The third-order valence-corrected chi connectivity index (χ3v) is 3.91. The Kier molecular flexibility index (Phi) is 6.34. The van der Waals surface area contributed by atoms with Crippen molar-refractivity contribution < 1.29 is 23.9 Å². The van der Waals surface area contributed by atoms with Crippen LogP contribution in [0.4, 0.5) is 0 Å². The van der Waals surface area contributed by atoms with Crippen molar-refractivity contribution in [1.29, 1.82) is 0 Å². The first kappa shape index (κ1) is 20.2. The zero-order valence-electron chi connectivity index (χ0n) is 15.9. The molecule has 0 bridgehead atoms. The van der Waals surface area contributed by atoms with Gasteiger partial charge in [-0.2, -0.15) is 0 Å². The van der Waals surface area contributed by atoms with Gasteiger partial charge in [-0.15, -0.1) is 0 Å². The molecule has 2 amide bonds. The Morgan fingerprint density at radius 3 is 2.22 bits per heavy atom. The quantitative estimate of drug-likeness (QED) is 0.819. The van der Waals surface area contributed by atoms with E-state index in [-0.39, 0.29) is 11.0 Å². The first-order valence-corrected chi connectivity index (χ1v) is 8.46. The molecule has 0 spiro atoms. The molecule has 6 nitrogen and oxygen atoms in total. The van der Waals surface area contributed by atoms with Crippen molar-refractivity contribution in [2.45, 2.75) is 26.2 Å². The van der Waals surface area contributed by atoms with Gasteiger partial charge in [0.05, 0.1) is 12.7 Å². The summed E-state index contributed by atoms with van der Waals surface area (Å²) in [5.74, 6) is -1.41. The highest BCUT2D eigenvalue weighted by atomic mass is 16.5. The van der Waals surface area contributed by atoms with Gasteiger partial charge in [0, 0.05) is 5.56 Å². The van der Waals surface area contributed by atoms with Gasteiger partial charge in [0.15, 0.2) is 6.61 Å². The van der Waals surface area contributed by atoms with Crippen LogP contribution in [0.2, 0.25) is 0 Å². The summed E-state index contributed by atoms with van der Waals surface area (Å²) in [5.41, 5.74) is 1.67. The Hall–Kier alpha value is -3.15. The number of carbonyl (C=O) groups is 3. The molecule has 0 aliphatic carbocycles. The van der Waals surface area contributed by atoms with Gasteiger partial charge in [-0.25, -0.2) is 4.79 Å². The Labute approximate surface area is 158 Å². The predicted molar refractivity (Wildman–Crippen MR) is 101 cm³/mol. The van der Waals surface area contributed by atoms with Gasteiger partial charge in [0.2, 0.25) is 0 Å². The first-order valence-electron chi connectivity index (χ1n) is 8.46. The van der Waals surface area contributed by atoms with Gasteiger partial charge in [0.1, 0.15) is 5.75 Å². The number of amides is 2. The van der Waals surface area contributed by atoms with Gasteiger partial charge in [-0.05, 0) is 41.3 Å². The zero-order chi connectivity index (χ0) is 20.0. The van der Waals surface area contributed by atoms with Crippen LogP contribution in [0.15, 0.2) is 48.5 Å². The first-order chi connectivity index (χ1) is 12.7. The molecule has 0 radical (unpaired) electrons. The van der Waals surface area contributed by atoms with E-state index in [0.717, 1.165) is 5.56 Å². The van der Waals surface area contributed by atoms with Crippen molar-refractivity contribution in [3.8, 4) is 5.75 Å². The lowest BCUT2D eigenvalue weighted by atomic mass is 9.87. The molecule has 0 aliphatic rings. The molecule has 0 unspecified atom stereocenters. The standard InChI is InChI=1S/C21H23NO5/c1-21(2,3)16-10-8-14(9-11-16)19(24)22-18(23)13-27-20(25)15-6-5-7-17(12-15)26-4/h5-12H,13H2,1-4H3,(H,22,23,24). The summed E-state index contributed by atoms with van der Waals surface area (Å²) in [6.45, 7) is 5.66. The van der Waals surface area contributed by atoms with Crippen LogP contribution in [-0.2, 0) is 14.9 Å². The van der Waals surface area contributed by atoms with Gasteiger partial charge >= 0.3 is 5.97 Å². The molecule has 0 saturated carbocycles. The fraction of sp³-hybridized carbons (Fsp3) is 0.286. The number of nitrogens with one attached hydrogen (secondary N) is 1. The monoisotopic (exact) mass is 369 g/mol. The van der Waals surface area contributed by atoms with Crippen molar-refractivity contribution >= 4 is 17.8 Å². The number of benzene rings is 2. The van der Waals surface area contributed by atoms with Crippen LogP contribution in [0.25, 0.3) is 0 Å². The number of methoxy groups -OCH3 is 1. The van der Waals surface area contributed by atoms with Crippen molar-refractivity contribution in [2.24, 2.45) is 0 Å². The van der Waals surface area contributed by atoms with Crippen molar-refractivity contribution in [3.63, 3.8) is 0 Å². The maximum absolute atomic E-state index is 12.1. The number of imide groups is 1. The highest BCUT2D eigenvalue weighted by molar-refractivity contribution is 6.05. The minimum absolute atomic E-state index is 0.0286. The van der Waals surface area contributed by atoms with E-state index >= 15 is 0 Å². The van der Waals surface area contributed by atoms with Crippen molar-refractivity contribution in [2.75, 3.05) is 13.7 Å². The predicted octanol–water partition coefficient (Wildman–Crippen LogP) is 3.11. The molecule has 0 atom stereocenters. The smallest absolute Gasteiger partial charge is 0.338 e. The molecule has 2 aromatic rings. The van der Waals surface area contributed by atoms with Gasteiger partial charge in [-0.1, -0.05) is 39.0 Å². The second-order valence-electron chi connectivity index (χ2n) is 7.01. The number of hydrogen-bond acceptors (Lipinski definition) is 5. The average Bonchev–Trinajstić information content (AvgIpc) is 2.65. The molecule has 2 aromatic carbocycles. The molecule has 1 N–H and O–H groups in total. The Balaban J connectivity index is 1.89. The molecule has 27 heavy (non-hydrogen) atoms. The largest absolute Gasteiger partial charge is 0.497 e. The van der Waals surface area contributed by atoms with E-state index in [4.69, 9.17) is 9.47 Å². The van der Waals surface area contributed by atoms with Crippen LogP contribution in [-0.4, -0.2) is 31.5 Å². The molecular formula is C21H23NO5. The summed E-state index contributed by atoms with van der Waals surface area (Å²) in [6.07, 6.45) is 0. The van der Waals surface area contributed by atoms with Crippen molar-refractivity contribution in [3.05, 3.63) is 65.2 Å². The molecule has 0 aliphatic heterocycles. The summed E-state index contributed by atoms with van der Waals surface area (Å²) in [4.78, 5) is 36.0. The molecule has 6 heteroatoms. The third kappa shape index (κ3) is 5.67.